The Balaban J connectivity index is 3.33. The Morgan fingerprint density at radius 1 is 1.67 bits per heavy atom. The highest BCUT2D eigenvalue weighted by atomic mass is 16.3. The summed E-state index contributed by atoms with van der Waals surface area (Å²) in [5.74, 6) is 0.563. The van der Waals surface area contributed by atoms with Crippen LogP contribution in [-0.2, 0) is 0 Å². The van der Waals surface area contributed by atoms with Gasteiger partial charge in [0.05, 0.1) is 5.29 Å². The predicted octanol–water partition coefficient (Wildman–Crippen LogP) is 1.65. The molecule has 54 valence electrons. The average molecular weight is 130 g/mol. The van der Waals surface area contributed by atoms with E-state index in [2.05, 4.69) is 19.1 Å². The molecule has 0 N–H and O–H groups in total. The highest BCUT2D eigenvalue weighted by Crippen LogP contribution is 2.01. The Labute approximate surface area is 56.0 Å². The van der Waals surface area contributed by atoms with Crippen LogP contribution >= 0.6 is 0 Å². The molecule has 0 radical (unpaired) electrons. The molecule has 1 unspecified atom stereocenters. The molecule has 1 atom stereocenters. The lowest BCUT2D eigenvalue weighted by molar-refractivity contribution is 0.291. The van der Waals surface area contributed by atoms with Crippen molar-refractivity contribution in [1.82, 2.24) is 5.01 Å². The number of hydrogen-bond acceptors (Lipinski definition) is 2. The maximum atomic E-state index is 9.83. The molecule has 0 aliphatic carbocycles. The SMILES string of the molecule is CCC(C)CN(C)N=O. The number of nitroso groups, excluding NO2 is 1. The van der Waals surface area contributed by atoms with E-state index in [4.69, 9.17) is 0 Å². The van der Waals surface area contributed by atoms with E-state index in [1.165, 1.54) is 5.01 Å². The summed E-state index contributed by atoms with van der Waals surface area (Å²) in [6.45, 7) is 4.96. The van der Waals surface area contributed by atoms with Crippen LogP contribution in [-0.4, -0.2) is 18.6 Å². The van der Waals surface area contributed by atoms with Gasteiger partial charge in [0.15, 0.2) is 0 Å². The molecule has 0 heterocycles. The Hall–Kier alpha value is -0.600. The molecule has 0 fully saturated rings. The minimum absolute atomic E-state index is 0.563. The van der Waals surface area contributed by atoms with Crippen LogP contribution in [0.3, 0.4) is 0 Å². The molecule has 9 heavy (non-hydrogen) atoms. The molecule has 0 rings (SSSR count). The van der Waals surface area contributed by atoms with Crippen LogP contribution in [0.15, 0.2) is 5.29 Å². The summed E-state index contributed by atoms with van der Waals surface area (Å²) in [4.78, 5) is 9.83. The summed E-state index contributed by atoms with van der Waals surface area (Å²) in [6.07, 6.45) is 1.10. The van der Waals surface area contributed by atoms with Crippen molar-refractivity contribution < 1.29 is 0 Å². The van der Waals surface area contributed by atoms with Gasteiger partial charge in [-0.1, -0.05) is 20.3 Å². The largest absolute Gasteiger partial charge is 0.264 e. The monoisotopic (exact) mass is 130 g/mol. The first kappa shape index (κ1) is 8.40. The molecule has 0 saturated carbocycles. The van der Waals surface area contributed by atoms with Gasteiger partial charge in [-0.05, 0) is 5.92 Å². The smallest absolute Gasteiger partial charge is 0.0521 e. The van der Waals surface area contributed by atoms with Crippen molar-refractivity contribution in [2.75, 3.05) is 13.6 Å². The molecule has 0 aromatic rings. The first-order valence-corrected chi connectivity index (χ1v) is 3.25. The number of rotatable bonds is 4. The number of hydrogen-bond donors (Lipinski definition) is 0. The molecule has 0 aliphatic rings. The Bertz CT molecular complexity index is 85.1. The second-order valence-corrected chi connectivity index (χ2v) is 2.44. The normalized spacial score (nSPS) is 12.8. The van der Waals surface area contributed by atoms with Gasteiger partial charge in [-0.15, -0.1) is 4.91 Å². The molecule has 0 aromatic carbocycles. The lowest BCUT2D eigenvalue weighted by Crippen LogP contribution is -2.17. The van der Waals surface area contributed by atoms with Crippen molar-refractivity contribution in [1.29, 1.82) is 0 Å². The van der Waals surface area contributed by atoms with Gasteiger partial charge in [0, 0.05) is 13.6 Å². The third-order valence-corrected chi connectivity index (χ3v) is 1.41. The zero-order valence-electron chi connectivity index (χ0n) is 6.29. The van der Waals surface area contributed by atoms with Crippen molar-refractivity contribution in [2.24, 2.45) is 11.2 Å². The molecule has 0 spiro atoms. The summed E-state index contributed by atoms with van der Waals surface area (Å²) in [7, 11) is 1.69. The second-order valence-electron chi connectivity index (χ2n) is 2.44. The van der Waals surface area contributed by atoms with Crippen LogP contribution < -0.4 is 0 Å². The standard InChI is InChI=1S/C6H14N2O/c1-4-6(2)5-8(3)7-9/h6H,4-5H2,1-3H3. The van der Waals surface area contributed by atoms with E-state index in [1.807, 2.05) is 0 Å². The zero-order chi connectivity index (χ0) is 7.28. The van der Waals surface area contributed by atoms with Crippen molar-refractivity contribution in [3.8, 4) is 0 Å². The Morgan fingerprint density at radius 2 is 2.22 bits per heavy atom. The summed E-state index contributed by atoms with van der Waals surface area (Å²) in [5.41, 5.74) is 0. The van der Waals surface area contributed by atoms with E-state index in [0.29, 0.717) is 5.92 Å². The van der Waals surface area contributed by atoms with Crippen LogP contribution in [0.25, 0.3) is 0 Å². The molecule has 3 heteroatoms. The van der Waals surface area contributed by atoms with Crippen LogP contribution in [0.4, 0.5) is 0 Å². The van der Waals surface area contributed by atoms with Crippen molar-refractivity contribution in [2.45, 2.75) is 20.3 Å². The number of nitrogens with zero attached hydrogens (tertiary/aromatic N) is 2. The molecule has 3 nitrogen and oxygen atoms in total. The lowest BCUT2D eigenvalue weighted by Gasteiger charge is -2.12. The molecule has 0 amide bonds. The molecule has 0 saturated heterocycles. The molecular weight excluding hydrogens is 116 g/mol. The lowest BCUT2D eigenvalue weighted by atomic mass is 10.1. The molecular formula is C6H14N2O. The highest BCUT2D eigenvalue weighted by Gasteiger charge is 2.00. The van der Waals surface area contributed by atoms with Gasteiger partial charge in [0.2, 0.25) is 0 Å². The van der Waals surface area contributed by atoms with E-state index in [-0.39, 0.29) is 0 Å². The zero-order valence-corrected chi connectivity index (χ0v) is 6.29. The Kier molecular flexibility index (Phi) is 4.01. The van der Waals surface area contributed by atoms with Gasteiger partial charge >= 0.3 is 0 Å². The fourth-order valence-electron chi connectivity index (χ4n) is 0.613. The van der Waals surface area contributed by atoms with Crippen LogP contribution in [0.5, 0.6) is 0 Å². The van der Waals surface area contributed by atoms with Gasteiger partial charge in [-0.25, -0.2) is 0 Å². The van der Waals surface area contributed by atoms with E-state index in [0.717, 1.165) is 13.0 Å². The minimum atomic E-state index is 0.563. The second kappa shape index (κ2) is 4.30. The van der Waals surface area contributed by atoms with Gasteiger partial charge < -0.3 is 0 Å². The third-order valence-electron chi connectivity index (χ3n) is 1.41. The van der Waals surface area contributed by atoms with Crippen molar-refractivity contribution in [3.05, 3.63) is 4.91 Å². The minimum Gasteiger partial charge on any atom is -0.264 e. The summed E-state index contributed by atoms with van der Waals surface area (Å²) in [5, 5.41) is 4.18. The van der Waals surface area contributed by atoms with Crippen LogP contribution in [0.1, 0.15) is 20.3 Å². The van der Waals surface area contributed by atoms with E-state index in [1.54, 1.807) is 7.05 Å². The third kappa shape index (κ3) is 3.94. The van der Waals surface area contributed by atoms with Gasteiger partial charge in [-0.2, -0.15) is 0 Å². The topological polar surface area (TPSA) is 32.7 Å². The van der Waals surface area contributed by atoms with E-state index >= 15 is 0 Å². The summed E-state index contributed by atoms with van der Waals surface area (Å²) in [6, 6.07) is 0. The molecule has 0 aliphatic heterocycles. The van der Waals surface area contributed by atoms with Gasteiger partial charge in [0.25, 0.3) is 0 Å². The van der Waals surface area contributed by atoms with Gasteiger partial charge in [0.1, 0.15) is 0 Å². The first-order chi connectivity index (χ1) is 4.20. The highest BCUT2D eigenvalue weighted by molar-refractivity contribution is 4.52. The maximum absolute atomic E-state index is 9.83. The predicted molar refractivity (Wildman–Crippen MR) is 37.9 cm³/mol. The van der Waals surface area contributed by atoms with Crippen molar-refractivity contribution in [3.63, 3.8) is 0 Å². The maximum Gasteiger partial charge on any atom is 0.0521 e. The fraction of sp³-hybridized carbons (Fsp3) is 1.00. The van der Waals surface area contributed by atoms with E-state index < -0.39 is 0 Å². The first-order valence-electron chi connectivity index (χ1n) is 3.25. The Morgan fingerprint density at radius 3 is 2.56 bits per heavy atom. The van der Waals surface area contributed by atoms with E-state index in [9.17, 15) is 4.91 Å². The molecule has 0 bridgehead atoms. The average Bonchev–Trinajstić information content (AvgIpc) is 1.87. The fourth-order valence-corrected chi connectivity index (χ4v) is 0.613. The van der Waals surface area contributed by atoms with Crippen LogP contribution in [0.2, 0.25) is 0 Å². The summed E-state index contributed by atoms with van der Waals surface area (Å²) < 4.78 is 0. The molecule has 0 aromatic heterocycles. The quantitative estimate of drug-likeness (QED) is 0.428. The van der Waals surface area contributed by atoms with Gasteiger partial charge in [-0.3, -0.25) is 5.01 Å². The van der Waals surface area contributed by atoms with Crippen LogP contribution in [0, 0.1) is 10.8 Å². The van der Waals surface area contributed by atoms with Crippen molar-refractivity contribution >= 4 is 0 Å². The summed E-state index contributed by atoms with van der Waals surface area (Å²) >= 11 is 0.